The third-order valence-electron chi connectivity index (χ3n) is 4.62. The first-order valence-corrected chi connectivity index (χ1v) is 8.56. The van der Waals surface area contributed by atoms with E-state index in [0.29, 0.717) is 5.56 Å². The smallest absolute Gasteiger partial charge is 0.254 e. The van der Waals surface area contributed by atoms with Gasteiger partial charge in [-0.2, -0.15) is 0 Å². The van der Waals surface area contributed by atoms with Gasteiger partial charge >= 0.3 is 0 Å². The van der Waals surface area contributed by atoms with Gasteiger partial charge in [0, 0.05) is 50.7 Å². The molecule has 1 fully saturated rings. The Labute approximate surface area is 146 Å². The minimum atomic E-state index is 0.0758. The highest BCUT2D eigenvalue weighted by Crippen LogP contribution is 2.15. The quantitative estimate of drug-likeness (QED) is 0.740. The number of rotatable bonds is 3. The van der Waals surface area contributed by atoms with E-state index in [4.69, 9.17) is 0 Å². The standard InChI is InChI=1S/C20H20N4O/c25-20(17-6-7-18-19(14-17)22-9-8-21-18)24-12-10-23(11-13-24)15-16-4-2-1-3-5-16/h1-9,14H,10-13,15H2. The molecule has 1 aliphatic heterocycles. The first kappa shape index (κ1) is 15.7. The van der Waals surface area contributed by atoms with Crippen LogP contribution < -0.4 is 0 Å². The van der Waals surface area contributed by atoms with Crippen LogP contribution in [0.5, 0.6) is 0 Å². The molecule has 126 valence electrons. The number of hydrogen-bond donors (Lipinski definition) is 0. The van der Waals surface area contributed by atoms with Gasteiger partial charge < -0.3 is 4.90 Å². The summed E-state index contributed by atoms with van der Waals surface area (Å²) in [5.74, 6) is 0.0758. The maximum atomic E-state index is 12.8. The molecule has 0 spiro atoms. The van der Waals surface area contributed by atoms with E-state index in [9.17, 15) is 4.79 Å². The largest absolute Gasteiger partial charge is 0.336 e. The van der Waals surface area contributed by atoms with Gasteiger partial charge in [0.2, 0.25) is 0 Å². The van der Waals surface area contributed by atoms with E-state index in [-0.39, 0.29) is 5.91 Å². The first-order chi connectivity index (χ1) is 12.3. The highest BCUT2D eigenvalue weighted by atomic mass is 16.2. The fourth-order valence-corrected chi connectivity index (χ4v) is 3.23. The minimum absolute atomic E-state index is 0.0758. The number of carbonyl (C=O) groups is 1. The lowest BCUT2D eigenvalue weighted by Gasteiger charge is -2.34. The number of nitrogens with zero attached hydrogens (tertiary/aromatic N) is 4. The first-order valence-electron chi connectivity index (χ1n) is 8.56. The van der Waals surface area contributed by atoms with Crippen LogP contribution in [0.15, 0.2) is 60.9 Å². The minimum Gasteiger partial charge on any atom is -0.336 e. The van der Waals surface area contributed by atoms with Gasteiger partial charge in [-0.3, -0.25) is 19.7 Å². The third kappa shape index (κ3) is 3.51. The Bertz CT molecular complexity index is 873. The number of hydrogen-bond acceptors (Lipinski definition) is 4. The zero-order valence-electron chi connectivity index (χ0n) is 14.0. The molecular formula is C20H20N4O. The maximum Gasteiger partial charge on any atom is 0.254 e. The van der Waals surface area contributed by atoms with Gasteiger partial charge in [-0.05, 0) is 23.8 Å². The molecule has 0 bridgehead atoms. The molecule has 0 atom stereocenters. The van der Waals surface area contributed by atoms with Crippen LogP contribution in [0, 0.1) is 0 Å². The molecule has 1 saturated heterocycles. The third-order valence-corrected chi connectivity index (χ3v) is 4.62. The van der Waals surface area contributed by atoms with Crippen molar-refractivity contribution in [2.75, 3.05) is 26.2 Å². The lowest BCUT2D eigenvalue weighted by atomic mass is 10.1. The van der Waals surface area contributed by atoms with Gasteiger partial charge in [-0.1, -0.05) is 30.3 Å². The predicted molar refractivity (Wildman–Crippen MR) is 97.2 cm³/mol. The summed E-state index contributed by atoms with van der Waals surface area (Å²) in [7, 11) is 0. The number of fused-ring (bicyclic) bond motifs is 1. The molecule has 2 heterocycles. The van der Waals surface area contributed by atoms with Crippen molar-refractivity contribution in [1.29, 1.82) is 0 Å². The van der Waals surface area contributed by atoms with E-state index in [1.165, 1.54) is 5.56 Å². The van der Waals surface area contributed by atoms with Crippen molar-refractivity contribution in [3.63, 3.8) is 0 Å². The second-order valence-electron chi connectivity index (χ2n) is 6.31. The molecule has 0 radical (unpaired) electrons. The average molecular weight is 332 g/mol. The van der Waals surface area contributed by atoms with Crippen LogP contribution in [0.4, 0.5) is 0 Å². The van der Waals surface area contributed by atoms with Crippen LogP contribution >= 0.6 is 0 Å². The van der Waals surface area contributed by atoms with Crippen LogP contribution in [-0.4, -0.2) is 51.9 Å². The molecule has 4 rings (SSSR count). The predicted octanol–water partition coefficient (Wildman–Crippen LogP) is 2.59. The van der Waals surface area contributed by atoms with Crippen LogP contribution in [-0.2, 0) is 6.54 Å². The van der Waals surface area contributed by atoms with Crippen molar-refractivity contribution in [1.82, 2.24) is 19.8 Å². The lowest BCUT2D eigenvalue weighted by Crippen LogP contribution is -2.48. The number of piperazine rings is 1. The Morgan fingerprint density at radius 2 is 1.60 bits per heavy atom. The fraction of sp³-hybridized carbons (Fsp3) is 0.250. The van der Waals surface area contributed by atoms with Crippen LogP contribution in [0.1, 0.15) is 15.9 Å². The summed E-state index contributed by atoms with van der Waals surface area (Å²) in [5, 5.41) is 0. The summed E-state index contributed by atoms with van der Waals surface area (Å²) in [5.41, 5.74) is 3.57. The Kier molecular flexibility index (Phi) is 4.39. The number of aromatic nitrogens is 2. The second-order valence-corrected chi connectivity index (χ2v) is 6.31. The fourth-order valence-electron chi connectivity index (χ4n) is 3.23. The zero-order chi connectivity index (χ0) is 17.1. The molecule has 0 unspecified atom stereocenters. The van der Waals surface area contributed by atoms with E-state index in [2.05, 4.69) is 39.1 Å². The highest BCUT2D eigenvalue weighted by Gasteiger charge is 2.22. The summed E-state index contributed by atoms with van der Waals surface area (Å²) >= 11 is 0. The van der Waals surface area contributed by atoms with Crippen molar-refractivity contribution < 1.29 is 4.79 Å². The normalized spacial score (nSPS) is 15.4. The Morgan fingerprint density at radius 1 is 0.880 bits per heavy atom. The summed E-state index contributed by atoms with van der Waals surface area (Å²) in [6.07, 6.45) is 3.31. The summed E-state index contributed by atoms with van der Waals surface area (Å²) < 4.78 is 0. The highest BCUT2D eigenvalue weighted by molar-refractivity contribution is 5.97. The van der Waals surface area contributed by atoms with Crippen LogP contribution in [0.3, 0.4) is 0 Å². The Hall–Kier alpha value is -2.79. The van der Waals surface area contributed by atoms with Gasteiger partial charge in [-0.15, -0.1) is 0 Å². The van der Waals surface area contributed by atoms with Gasteiger partial charge in [0.15, 0.2) is 0 Å². The Balaban J connectivity index is 1.40. The van der Waals surface area contributed by atoms with Gasteiger partial charge in [0.05, 0.1) is 11.0 Å². The van der Waals surface area contributed by atoms with E-state index in [1.807, 2.05) is 29.2 Å². The van der Waals surface area contributed by atoms with Crippen LogP contribution in [0.25, 0.3) is 11.0 Å². The molecule has 2 aromatic carbocycles. The molecule has 3 aromatic rings. The maximum absolute atomic E-state index is 12.8. The van der Waals surface area contributed by atoms with Gasteiger partial charge in [0.1, 0.15) is 0 Å². The van der Waals surface area contributed by atoms with Crippen molar-refractivity contribution in [2.45, 2.75) is 6.54 Å². The lowest BCUT2D eigenvalue weighted by molar-refractivity contribution is 0.0628. The molecule has 0 N–H and O–H groups in total. The van der Waals surface area contributed by atoms with Gasteiger partial charge in [0.25, 0.3) is 5.91 Å². The van der Waals surface area contributed by atoms with Crippen LogP contribution in [0.2, 0.25) is 0 Å². The summed E-state index contributed by atoms with van der Waals surface area (Å²) in [6.45, 7) is 4.24. The average Bonchev–Trinajstić information content (AvgIpc) is 2.68. The van der Waals surface area contributed by atoms with Crippen molar-refractivity contribution in [3.8, 4) is 0 Å². The molecule has 1 amide bonds. The summed E-state index contributed by atoms with van der Waals surface area (Å²) in [6, 6.07) is 16.0. The molecule has 5 nitrogen and oxygen atoms in total. The van der Waals surface area contributed by atoms with E-state index >= 15 is 0 Å². The molecule has 1 aromatic heterocycles. The molecule has 1 aliphatic rings. The number of carbonyl (C=O) groups excluding carboxylic acids is 1. The molecule has 0 saturated carbocycles. The summed E-state index contributed by atoms with van der Waals surface area (Å²) in [4.78, 5) is 25.6. The van der Waals surface area contributed by atoms with E-state index in [0.717, 1.165) is 43.8 Å². The molecule has 5 heteroatoms. The number of amides is 1. The molecule has 0 aliphatic carbocycles. The Morgan fingerprint density at radius 3 is 2.36 bits per heavy atom. The topological polar surface area (TPSA) is 49.3 Å². The SMILES string of the molecule is O=C(c1ccc2nccnc2c1)N1CCN(Cc2ccccc2)CC1. The van der Waals surface area contributed by atoms with Crippen molar-refractivity contribution >= 4 is 16.9 Å². The molecule has 25 heavy (non-hydrogen) atoms. The van der Waals surface area contributed by atoms with Crippen molar-refractivity contribution in [3.05, 3.63) is 72.1 Å². The van der Waals surface area contributed by atoms with Gasteiger partial charge in [-0.25, -0.2) is 0 Å². The number of benzene rings is 2. The monoisotopic (exact) mass is 332 g/mol. The second kappa shape index (κ2) is 6.99. The van der Waals surface area contributed by atoms with Crippen molar-refractivity contribution in [2.24, 2.45) is 0 Å². The van der Waals surface area contributed by atoms with E-state index in [1.54, 1.807) is 12.4 Å². The molecular weight excluding hydrogens is 312 g/mol. The zero-order valence-corrected chi connectivity index (χ0v) is 14.0. The van der Waals surface area contributed by atoms with E-state index < -0.39 is 0 Å².